The first kappa shape index (κ1) is 9.68. The van der Waals surface area contributed by atoms with Crippen LogP contribution in [-0.4, -0.2) is 35.0 Å². The molecular formula is C7H11NO3. The Kier molecular flexibility index (Phi) is 3.95. The highest BCUT2D eigenvalue weighted by Gasteiger charge is 2.14. The summed E-state index contributed by atoms with van der Waals surface area (Å²) in [7, 11) is 0. The molecule has 0 fully saturated rings. The molecular weight excluding hydrogens is 146 g/mol. The summed E-state index contributed by atoms with van der Waals surface area (Å²) in [4.78, 5) is 21.4. The van der Waals surface area contributed by atoms with E-state index in [1.165, 1.54) is 6.08 Å². The lowest BCUT2D eigenvalue weighted by atomic mass is 10.3. The minimum absolute atomic E-state index is 0.109. The van der Waals surface area contributed by atoms with Gasteiger partial charge in [-0.3, -0.25) is 4.90 Å². The molecule has 0 aliphatic carbocycles. The van der Waals surface area contributed by atoms with Crippen LogP contribution in [0.25, 0.3) is 0 Å². The molecule has 1 amide bonds. The van der Waals surface area contributed by atoms with E-state index < -0.39 is 6.09 Å². The van der Waals surface area contributed by atoms with E-state index in [0.29, 0.717) is 6.29 Å². The number of nitrogens with zero attached hydrogens (tertiary/aromatic N) is 1. The van der Waals surface area contributed by atoms with Crippen molar-refractivity contribution in [2.75, 3.05) is 6.54 Å². The lowest BCUT2D eigenvalue weighted by Crippen LogP contribution is -2.37. The lowest BCUT2D eigenvalue weighted by molar-refractivity contribution is -0.108. The summed E-state index contributed by atoms with van der Waals surface area (Å²) in [6.07, 6.45) is 0.913. The third-order valence-corrected chi connectivity index (χ3v) is 1.35. The van der Waals surface area contributed by atoms with Crippen LogP contribution in [0.3, 0.4) is 0 Å². The molecule has 4 nitrogen and oxygen atoms in total. The molecule has 0 heterocycles. The van der Waals surface area contributed by atoms with Gasteiger partial charge in [0, 0.05) is 0 Å². The molecule has 0 aliphatic heterocycles. The normalized spacial score (nSPS) is 11.7. The van der Waals surface area contributed by atoms with E-state index in [9.17, 15) is 9.59 Å². The van der Waals surface area contributed by atoms with Gasteiger partial charge in [0.1, 0.15) is 6.29 Å². The van der Waals surface area contributed by atoms with Gasteiger partial charge in [0.25, 0.3) is 0 Å². The predicted molar refractivity (Wildman–Crippen MR) is 40.5 cm³/mol. The van der Waals surface area contributed by atoms with Crippen LogP contribution in [0.1, 0.15) is 6.92 Å². The maximum Gasteiger partial charge on any atom is 0.408 e. The van der Waals surface area contributed by atoms with E-state index in [1.54, 1.807) is 6.92 Å². The topological polar surface area (TPSA) is 57.6 Å². The number of carboxylic acid groups (broad SMARTS) is 1. The van der Waals surface area contributed by atoms with Crippen LogP contribution in [0.4, 0.5) is 4.79 Å². The number of amides is 1. The Bertz CT molecular complexity index is 167. The van der Waals surface area contributed by atoms with Crippen LogP contribution in [0.2, 0.25) is 0 Å². The Morgan fingerprint density at radius 1 is 1.82 bits per heavy atom. The third kappa shape index (κ3) is 2.84. The van der Waals surface area contributed by atoms with Gasteiger partial charge < -0.3 is 9.90 Å². The summed E-state index contributed by atoms with van der Waals surface area (Å²) in [6, 6.07) is -0.322. The monoisotopic (exact) mass is 157 g/mol. The van der Waals surface area contributed by atoms with E-state index in [0.717, 1.165) is 4.90 Å². The molecule has 0 aromatic carbocycles. The quantitative estimate of drug-likeness (QED) is 0.483. The maximum atomic E-state index is 10.4. The molecule has 0 aromatic rings. The predicted octanol–water partition coefficient (Wildman–Crippen LogP) is 0.740. The second-order valence-corrected chi connectivity index (χ2v) is 2.08. The number of rotatable bonds is 4. The van der Waals surface area contributed by atoms with Crippen molar-refractivity contribution in [2.24, 2.45) is 0 Å². The first-order valence-corrected chi connectivity index (χ1v) is 3.19. The molecule has 1 atom stereocenters. The minimum Gasteiger partial charge on any atom is -0.465 e. The highest BCUT2D eigenvalue weighted by Crippen LogP contribution is 1.98. The zero-order valence-electron chi connectivity index (χ0n) is 6.36. The van der Waals surface area contributed by atoms with Crippen molar-refractivity contribution in [3.63, 3.8) is 0 Å². The van der Waals surface area contributed by atoms with Crippen molar-refractivity contribution in [1.29, 1.82) is 0 Å². The zero-order valence-corrected chi connectivity index (χ0v) is 6.36. The summed E-state index contributed by atoms with van der Waals surface area (Å²) >= 11 is 0. The summed E-state index contributed by atoms with van der Waals surface area (Å²) in [6.45, 7) is 4.97. The molecule has 1 N–H and O–H groups in total. The molecule has 0 saturated carbocycles. The van der Waals surface area contributed by atoms with E-state index in [-0.39, 0.29) is 12.6 Å². The van der Waals surface area contributed by atoms with Crippen LogP contribution in [0, 0.1) is 0 Å². The molecule has 0 spiro atoms. The van der Waals surface area contributed by atoms with Crippen molar-refractivity contribution in [1.82, 2.24) is 4.90 Å². The molecule has 0 rings (SSSR count). The minimum atomic E-state index is -1.11. The molecule has 0 aliphatic rings. The van der Waals surface area contributed by atoms with Gasteiger partial charge in [-0.1, -0.05) is 6.08 Å². The fourth-order valence-electron chi connectivity index (χ4n) is 0.626. The summed E-state index contributed by atoms with van der Waals surface area (Å²) in [5.41, 5.74) is 0. The van der Waals surface area contributed by atoms with Gasteiger partial charge in [-0.15, -0.1) is 6.58 Å². The van der Waals surface area contributed by atoms with Crippen LogP contribution >= 0.6 is 0 Å². The molecule has 62 valence electrons. The Morgan fingerprint density at radius 3 is 2.64 bits per heavy atom. The Morgan fingerprint density at radius 2 is 2.36 bits per heavy atom. The molecule has 1 unspecified atom stereocenters. The summed E-state index contributed by atoms with van der Waals surface area (Å²) in [5.74, 6) is 0. The molecule has 0 bridgehead atoms. The van der Waals surface area contributed by atoms with Crippen LogP contribution in [-0.2, 0) is 4.79 Å². The molecule has 11 heavy (non-hydrogen) atoms. The Labute approximate surface area is 65.1 Å². The average molecular weight is 157 g/mol. The smallest absolute Gasteiger partial charge is 0.408 e. The summed E-state index contributed by atoms with van der Waals surface area (Å²) in [5, 5.41) is 8.53. The van der Waals surface area contributed by atoms with Gasteiger partial charge in [0.05, 0.1) is 12.6 Å². The highest BCUT2D eigenvalue weighted by atomic mass is 16.4. The maximum absolute atomic E-state index is 10.4. The molecule has 0 saturated heterocycles. The number of carbonyl (C=O) groups is 2. The lowest BCUT2D eigenvalue weighted by Gasteiger charge is -2.20. The van der Waals surface area contributed by atoms with Crippen LogP contribution < -0.4 is 0 Å². The fraction of sp³-hybridized carbons (Fsp3) is 0.429. The van der Waals surface area contributed by atoms with E-state index in [4.69, 9.17) is 5.11 Å². The van der Waals surface area contributed by atoms with Gasteiger partial charge in [0.2, 0.25) is 0 Å². The number of aldehydes is 1. The van der Waals surface area contributed by atoms with Gasteiger partial charge in [-0.25, -0.2) is 4.79 Å². The van der Waals surface area contributed by atoms with Crippen molar-refractivity contribution in [2.45, 2.75) is 13.0 Å². The van der Waals surface area contributed by atoms with Crippen molar-refractivity contribution in [3.05, 3.63) is 12.7 Å². The molecule has 0 aromatic heterocycles. The van der Waals surface area contributed by atoms with E-state index in [1.807, 2.05) is 0 Å². The SMILES string of the molecule is C=CC(C)N(CC=O)C(=O)O. The number of hydrogen-bond donors (Lipinski definition) is 1. The number of hydrogen-bond acceptors (Lipinski definition) is 2. The second kappa shape index (κ2) is 4.49. The van der Waals surface area contributed by atoms with E-state index in [2.05, 4.69) is 6.58 Å². The highest BCUT2D eigenvalue weighted by molar-refractivity contribution is 5.70. The van der Waals surface area contributed by atoms with Gasteiger partial charge in [-0.2, -0.15) is 0 Å². The molecule has 0 radical (unpaired) electrons. The Hall–Kier alpha value is -1.32. The average Bonchev–Trinajstić information content (AvgIpc) is 1.98. The van der Waals surface area contributed by atoms with Gasteiger partial charge in [-0.05, 0) is 6.92 Å². The van der Waals surface area contributed by atoms with Crippen molar-refractivity contribution < 1.29 is 14.7 Å². The largest absolute Gasteiger partial charge is 0.465 e. The Balaban J connectivity index is 4.19. The standard InChI is InChI=1S/C7H11NO3/c1-3-6(2)8(4-5-9)7(10)11/h3,5-6H,1,4H2,2H3,(H,10,11). The molecule has 4 heteroatoms. The fourth-order valence-corrected chi connectivity index (χ4v) is 0.626. The van der Waals surface area contributed by atoms with Gasteiger partial charge in [0.15, 0.2) is 0 Å². The third-order valence-electron chi connectivity index (χ3n) is 1.35. The van der Waals surface area contributed by atoms with Crippen molar-refractivity contribution >= 4 is 12.4 Å². The van der Waals surface area contributed by atoms with Crippen LogP contribution in [0.15, 0.2) is 12.7 Å². The first-order chi connectivity index (χ1) is 5.13. The first-order valence-electron chi connectivity index (χ1n) is 3.19. The van der Waals surface area contributed by atoms with Crippen LogP contribution in [0.5, 0.6) is 0 Å². The number of carbonyl (C=O) groups excluding carboxylic acids is 1. The van der Waals surface area contributed by atoms with Gasteiger partial charge >= 0.3 is 6.09 Å². The summed E-state index contributed by atoms with van der Waals surface area (Å²) < 4.78 is 0. The van der Waals surface area contributed by atoms with E-state index >= 15 is 0 Å². The zero-order chi connectivity index (χ0) is 8.85. The second-order valence-electron chi connectivity index (χ2n) is 2.08. The van der Waals surface area contributed by atoms with Crippen molar-refractivity contribution in [3.8, 4) is 0 Å².